The molecule has 0 saturated heterocycles. The molecule has 1 unspecified atom stereocenters. The van der Waals surface area contributed by atoms with Crippen LogP contribution in [0.2, 0.25) is 0 Å². The van der Waals surface area contributed by atoms with Crippen molar-refractivity contribution < 1.29 is 4.79 Å². The minimum atomic E-state index is -0.126. The average molecular weight is 510 g/mol. The number of fused-ring (bicyclic) bond motifs is 1. The van der Waals surface area contributed by atoms with E-state index in [1.807, 2.05) is 12.3 Å². The van der Waals surface area contributed by atoms with Gasteiger partial charge in [0.2, 0.25) is 0 Å². The molecule has 1 aliphatic carbocycles. The molecule has 1 aromatic heterocycles. The predicted octanol–water partition coefficient (Wildman–Crippen LogP) is 3.44. The molecule has 146 valence electrons. The second-order valence-electron chi connectivity index (χ2n) is 7.19. The fourth-order valence-electron chi connectivity index (χ4n) is 3.80. The van der Waals surface area contributed by atoms with E-state index in [0.29, 0.717) is 16.1 Å². The molecule has 2 aromatic carbocycles. The van der Waals surface area contributed by atoms with Crippen LogP contribution in [0.1, 0.15) is 39.5 Å². The van der Waals surface area contributed by atoms with Gasteiger partial charge in [0.15, 0.2) is 0 Å². The molecule has 0 saturated carbocycles. The van der Waals surface area contributed by atoms with Gasteiger partial charge in [0.25, 0.3) is 0 Å². The number of nitrogens with one attached hydrogen (secondary N) is 2. The molecular weight excluding hydrogens is 489 g/mol. The average Bonchev–Trinajstić information content (AvgIpc) is 3.14. The van der Waals surface area contributed by atoms with Gasteiger partial charge in [-0.1, -0.05) is 22.0 Å². The molecule has 3 aromatic rings. The van der Waals surface area contributed by atoms with Crippen molar-refractivity contribution >= 4 is 43.2 Å². The number of hydrogen-bond acceptors (Lipinski definition) is 3. The maximum atomic E-state index is 12.1. The summed E-state index contributed by atoms with van der Waals surface area (Å²) in [4.78, 5) is 16.5. The molecule has 1 aliphatic rings. The van der Waals surface area contributed by atoms with Crippen LogP contribution in [0.5, 0.6) is 0 Å². The van der Waals surface area contributed by atoms with Gasteiger partial charge in [-0.05, 0) is 6.07 Å². The SMILES string of the molecule is CNC(=O)c1cc(-c2cccc(CNC3CCc4ccc(Br)cc43)c2)cnc1[As]. The predicted molar refractivity (Wildman–Crippen MR) is 120 cm³/mol. The molecule has 0 bridgehead atoms. The Hall–Kier alpha value is -1.94. The van der Waals surface area contributed by atoms with E-state index in [4.69, 9.17) is 0 Å². The van der Waals surface area contributed by atoms with E-state index >= 15 is 0 Å². The first-order valence-corrected chi connectivity index (χ1v) is 11.3. The minimum absolute atomic E-state index is 0.126. The summed E-state index contributed by atoms with van der Waals surface area (Å²) in [5.41, 5.74) is 6.63. The van der Waals surface area contributed by atoms with Gasteiger partial charge < -0.3 is 0 Å². The Kier molecular flexibility index (Phi) is 6.19. The van der Waals surface area contributed by atoms with Gasteiger partial charge in [0.1, 0.15) is 0 Å². The quantitative estimate of drug-likeness (QED) is 0.518. The Balaban J connectivity index is 1.52. The molecule has 6 heteroatoms. The molecule has 0 aliphatic heterocycles. The number of halogens is 1. The van der Waals surface area contributed by atoms with Gasteiger partial charge >= 0.3 is 156 Å². The Morgan fingerprint density at radius 2 is 2.07 bits per heavy atom. The van der Waals surface area contributed by atoms with Crippen LogP contribution in [0.4, 0.5) is 0 Å². The molecule has 2 radical (unpaired) electrons. The summed E-state index contributed by atoms with van der Waals surface area (Å²) >= 11 is 5.94. The van der Waals surface area contributed by atoms with Gasteiger partial charge in [-0.3, -0.25) is 0 Å². The van der Waals surface area contributed by atoms with E-state index < -0.39 is 0 Å². The van der Waals surface area contributed by atoms with Gasteiger partial charge in [0.05, 0.1) is 0 Å². The summed E-state index contributed by atoms with van der Waals surface area (Å²) in [5.74, 6) is -0.126. The van der Waals surface area contributed by atoms with Gasteiger partial charge in [-0.15, -0.1) is 0 Å². The van der Waals surface area contributed by atoms with E-state index in [1.54, 1.807) is 7.05 Å². The van der Waals surface area contributed by atoms with Crippen molar-refractivity contribution in [1.82, 2.24) is 15.6 Å². The molecule has 1 heterocycles. The number of pyridine rings is 1. The molecule has 29 heavy (non-hydrogen) atoms. The summed E-state index contributed by atoms with van der Waals surface area (Å²) < 4.78 is 1.80. The first-order valence-electron chi connectivity index (χ1n) is 9.57. The van der Waals surface area contributed by atoms with Crippen molar-refractivity contribution in [2.24, 2.45) is 0 Å². The maximum absolute atomic E-state index is 12.1. The van der Waals surface area contributed by atoms with Gasteiger partial charge in [-0.2, -0.15) is 0 Å². The zero-order chi connectivity index (χ0) is 20.4. The topological polar surface area (TPSA) is 54.0 Å². The molecule has 0 spiro atoms. The van der Waals surface area contributed by atoms with Crippen molar-refractivity contribution in [2.75, 3.05) is 7.05 Å². The molecule has 4 rings (SSSR count). The summed E-state index contributed by atoms with van der Waals surface area (Å²) in [7, 11) is 1.63. The van der Waals surface area contributed by atoms with Crippen LogP contribution in [0.3, 0.4) is 0 Å². The number of hydrogen-bond donors (Lipinski definition) is 2. The standard InChI is InChI=1S/C23H21AsBrN3O/c1-26-23(29)20-10-17(13-28-22(20)24)16-4-2-3-14(9-16)12-27-21-8-6-15-5-7-18(25)11-19(15)21/h2-5,7,9-11,13,21,27H,6,8,12H2,1H3,(H,26,29). The summed E-state index contributed by atoms with van der Waals surface area (Å²) in [6.45, 7) is 0.795. The summed E-state index contributed by atoms with van der Waals surface area (Å²) in [6.07, 6.45) is 4.06. The van der Waals surface area contributed by atoms with Crippen LogP contribution in [0.25, 0.3) is 11.1 Å². The van der Waals surface area contributed by atoms with Crippen LogP contribution in [-0.4, -0.2) is 34.8 Å². The Labute approximate surface area is 188 Å². The molecule has 2 N–H and O–H groups in total. The monoisotopic (exact) mass is 509 g/mol. The van der Waals surface area contributed by atoms with Crippen molar-refractivity contribution in [2.45, 2.75) is 25.4 Å². The van der Waals surface area contributed by atoms with Crippen molar-refractivity contribution in [1.29, 1.82) is 0 Å². The van der Waals surface area contributed by atoms with Gasteiger partial charge in [-0.25, -0.2) is 0 Å². The number of carbonyl (C=O) groups excluding carboxylic acids is 1. The zero-order valence-corrected chi connectivity index (χ0v) is 19.5. The van der Waals surface area contributed by atoms with E-state index in [2.05, 4.69) is 90.9 Å². The third-order valence-electron chi connectivity index (χ3n) is 5.34. The van der Waals surface area contributed by atoms with Crippen molar-refractivity contribution in [3.05, 3.63) is 81.5 Å². The molecule has 4 nitrogen and oxygen atoms in total. The van der Waals surface area contributed by atoms with Crippen LogP contribution in [-0.2, 0) is 13.0 Å². The number of aryl methyl sites for hydroxylation is 1. The molecule has 1 amide bonds. The van der Waals surface area contributed by atoms with Crippen molar-refractivity contribution in [3.63, 3.8) is 0 Å². The Morgan fingerprint density at radius 3 is 2.90 bits per heavy atom. The normalized spacial score (nSPS) is 15.2. The number of amides is 1. The van der Waals surface area contributed by atoms with Crippen LogP contribution in [0.15, 0.2) is 59.2 Å². The Bertz CT molecular complexity index is 1070. The second kappa shape index (κ2) is 8.83. The number of aromatic nitrogens is 1. The number of rotatable bonds is 5. The van der Waals surface area contributed by atoms with Crippen LogP contribution in [0, 0.1) is 0 Å². The molecular formula is C23H21AsBrN3O. The zero-order valence-electron chi connectivity index (χ0n) is 16.1. The number of benzene rings is 2. The van der Waals surface area contributed by atoms with E-state index in [1.165, 1.54) is 16.7 Å². The summed E-state index contributed by atoms with van der Waals surface area (Å²) in [6, 6.07) is 17.3. The van der Waals surface area contributed by atoms with Gasteiger partial charge in [0, 0.05) is 4.47 Å². The first kappa shape index (κ1) is 20.3. The Morgan fingerprint density at radius 1 is 1.21 bits per heavy atom. The first-order chi connectivity index (χ1) is 14.0. The van der Waals surface area contributed by atoms with Crippen LogP contribution >= 0.6 is 15.9 Å². The second-order valence-corrected chi connectivity index (χ2v) is 8.99. The van der Waals surface area contributed by atoms with E-state index in [9.17, 15) is 4.79 Å². The van der Waals surface area contributed by atoms with E-state index in [-0.39, 0.29) is 5.91 Å². The van der Waals surface area contributed by atoms with Crippen molar-refractivity contribution in [3.8, 4) is 11.1 Å². The number of nitrogens with zero attached hydrogens (tertiary/aromatic N) is 1. The molecule has 0 fully saturated rings. The fourth-order valence-corrected chi connectivity index (χ4v) is 4.65. The molecule has 1 atom stereocenters. The summed E-state index contributed by atoms with van der Waals surface area (Å²) in [5, 5.41) is 6.38. The third-order valence-corrected chi connectivity index (χ3v) is 6.58. The fraction of sp³-hybridized carbons (Fsp3) is 0.217. The van der Waals surface area contributed by atoms with Crippen LogP contribution < -0.4 is 15.1 Å². The van der Waals surface area contributed by atoms with E-state index in [0.717, 1.165) is 35.0 Å². The number of carbonyl (C=O) groups is 1. The third kappa shape index (κ3) is 4.47.